The van der Waals surface area contributed by atoms with Crippen LogP contribution in [0.15, 0.2) is 24.3 Å². The Balaban J connectivity index is 2.24. The van der Waals surface area contributed by atoms with Gasteiger partial charge in [-0.25, -0.2) is 0 Å². The molecule has 0 heterocycles. The molecule has 0 spiro atoms. The molecule has 18 heavy (non-hydrogen) atoms. The molecule has 0 saturated heterocycles. The van der Waals surface area contributed by atoms with Crippen molar-refractivity contribution in [2.75, 3.05) is 0 Å². The van der Waals surface area contributed by atoms with Gasteiger partial charge in [-0.05, 0) is 36.5 Å². The molecule has 0 bridgehead atoms. The number of benzene rings is 1. The predicted molar refractivity (Wildman–Crippen MR) is 76.5 cm³/mol. The van der Waals surface area contributed by atoms with E-state index in [1.807, 2.05) is 12.1 Å². The highest BCUT2D eigenvalue weighted by atomic mass is 16.1. The van der Waals surface area contributed by atoms with Crippen molar-refractivity contribution in [2.24, 2.45) is 0 Å². The van der Waals surface area contributed by atoms with Crippen LogP contribution in [0.5, 0.6) is 0 Å². The van der Waals surface area contributed by atoms with E-state index in [-0.39, 0.29) is 0 Å². The van der Waals surface area contributed by atoms with Gasteiger partial charge in [-0.1, -0.05) is 57.1 Å². The first kappa shape index (κ1) is 14.5. The number of hydrogen-bond acceptors (Lipinski definition) is 1. The first-order valence-electron chi connectivity index (χ1n) is 6.91. The number of rotatable bonds is 7. The molecule has 1 aromatic carbocycles. The van der Waals surface area contributed by atoms with Crippen molar-refractivity contribution < 1.29 is 4.79 Å². The summed E-state index contributed by atoms with van der Waals surface area (Å²) in [6.45, 7) is 2.25. The fourth-order valence-electron chi connectivity index (χ4n) is 1.98. The van der Waals surface area contributed by atoms with Gasteiger partial charge in [-0.15, -0.1) is 0 Å². The standard InChI is InChI=1S/C17H22O/c1-2-3-4-5-6-7-9-16-11-13-17(14-12-16)10-8-15-18/h11-15H,2-7,9H2,1H3. The second kappa shape index (κ2) is 9.48. The summed E-state index contributed by atoms with van der Waals surface area (Å²) in [5.41, 5.74) is 2.27. The van der Waals surface area contributed by atoms with E-state index in [2.05, 4.69) is 30.9 Å². The zero-order valence-corrected chi connectivity index (χ0v) is 11.2. The zero-order valence-electron chi connectivity index (χ0n) is 11.2. The molecule has 0 saturated carbocycles. The lowest BCUT2D eigenvalue weighted by molar-refractivity contribution is -0.103. The van der Waals surface area contributed by atoms with Gasteiger partial charge >= 0.3 is 0 Å². The molecule has 0 amide bonds. The molecule has 0 aliphatic heterocycles. The molecule has 0 atom stereocenters. The average Bonchev–Trinajstić information content (AvgIpc) is 2.42. The van der Waals surface area contributed by atoms with E-state index in [1.54, 1.807) is 0 Å². The van der Waals surface area contributed by atoms with E-state index in [9.17, 15) is 4.79 Å². The van der Waals surface area contributed by atoms with Gasteiger partial charge in [-0.2, -0.15) is 0 Å². The second-order valence-corrected chi connectivity index (χ2v) is 4.60. The van der Waals surface area contributed by atoms with Crippen LogP contribution in [0.4, 0.5) is 0 Å². The maximum Gasteiger partial charge on any atom is 0.193 e. The number of carbonyl (C=O) groups is 1. The van der Waals surface area contributed by atoms with Crippen molar-refractivity contribution in [3.8, 4) is 11.8 Å². The van der Waals surface area contributed by atoms with E-state index in [1.165, 1.54) is 44.1 Å². The van der Waals surface area contributed by atoms with Crippen LogP contribution in [-0.2, 0) is 11.2 Å². The SMILES string of the molecule is CCCCCCCCc1ccc(C#CC=O)cc1. The molecule has 0 unspecified atom stereocenters. The average molecular weight is 242 g/mol. The smallest absolute Gasteiger partial charge is 0.193 e. The molecule has 0 aliphatic rings. The quantitative estimate of drug-likeness (QED) is 0.399. The van der Waals surface area contributed by atoms with Gasteiger partial charge in [0.1, 0.15) is 0 Å². The lowest BCUT2D eigenvalue weighted by Crippen LogP contribution is -1.87. The van der Waals surface area contributed by atoms with Gasteiger partial charge in [0, 0.05) is 5.56 Å². The summed E-state index contributed by atoms with van der Waals surface area (Å²) in [4.78, 5) is 10.1. The molecule has 1 aromatic rings. The normalized spacial score (nSPS) is 9.61. The monoisotopic (exact) mass is 242 g/mol. The van der Waals surface area contributed by atoms with Crippen molar-refractivity contribution in [2.45, 2.75) is 51.9 Å². The minimum atomic E-state index is 0.629. The second-order valence-electron chi connectivity index (χ2n) is 4.60. The van der Waals surface area contributed by atoms with E-state index >= 15 is 0 Å². The van der Waals surface area contributed by atoms with Crippen LogP contribution in [0.2, 0.25) is 0 Å². The van der Waals surface area contributed by atoms with Gasteiger partial charge in [0.25, 0.3) is 0 Å². The molecule has 96 valence electrons. The van der Waals surface area contributed by atoms with Crippen LogP contribution >= 0.6 is 0 Å². The fourth-order valence-corrected chi connectivity index (χ4v) is 1.98. The molecular weight excluding hydrogens is 220 g/mol. The number of hydrogen-bond donors (Lipinski definition) is 0. The molecule has 0 N–H and O–H groups in total. The molecule has 1 rings (SSSR count). The van der Waals surface area contributed by atoms with Gasteiger partial charge in [0.15, 0.2) is 6.29 Å². The summed E-state index contributed by atoms with van der Waals surface area (Å²) in [5, 5.41) is 0. The third-order valence-electron chi connectivity index (χ3n) is 3.05. The highest BCUT2D eigenvalue weighted by Gasteiger charge is 1.94. The lowest BCUT2D eigenvalue weighted by atomic mass is 10.0. The zero-order chi connectivity index (χ0) is 13.1. The highest BCUT2D eigenvalue weighted by Crippen LogP contribution is 2.10. The minimum absolute atomic E-state index is 0.629. The molecule has 0 radical (unpaired) electrons. The first-order chi connectivity index (χ1) is 8.86. The van der Waals surface area contributed by atoms with Crippen LogP contribution in [0.25, 0.3) is 0 Å². The number of aldehydes is 1. The van der Waals surface area contributed by atoms with Crippen LogP contribution in [0.1, 0.15) is 56.6 Å². The molecule has 0 aliphatic carbocycles. The highest BCUT2D eigenvalue weighted by molar-refractivity contribution is 5.73. The number of unbranched alkanes of at least 4 members (excludes halogenated alkanes) is 5. The maximum absolute atomic E-state index is 10.1. The largest absolute Gasteiger partial charge is 0.289 e. The topological polar surface area (TPSA) is 17.1 Å². The van der Waals surface area contributed by atoms with Crippen molar-refractivity contribution in [3.05, 3.63) is 35.4 Å². The van der Waals surface area contributed by atoms with Gasteiger partial charge < -0.3 is 0 Å². The third kappa shape index (κ3) is 6.25. The van der Waals surface area contributed by atoms with E-state index in [4.69, 9.17) is 0 Å². The van der Waals surface area contributed by atoms with Crippen molar-refractivity contribution in [1.29, 1.82) is 0 Å². The minimum Gasteiger partial charge on any atom is -0.289 e. The van der Waals surface area contributed by atoms with Crippen molar-refractivity contribution in [3.63, 3.8) is 0 Å². The molecule has 1 nitrogen and oxygen atoms in total. The Kier molecular flexibility index (Phi) is 7.64. The maximum atomic E-state index is 10.1. The third-order valence-corrected chi connectivity index (χ3v) is 3.05. The molecule has 1 heteroatoms. The molecule has 0 fully saturated rings. The van der Waals surface area contributed by atoms with E-state index < -0.39 is 0 Å². The van der Waals surface area contributed by atoms with Crippen LogP contribution in [0.3, 0.4) is 0 Å². The summed E-state index contributed by atoms with van der Waals surface area (Å²) >= 11 is 0. The summed E-state index contributed by atoms with van der Waals surface area (Å²) in [6, 6.07) is 8.20. The number of carbonyl (C=O) groups excluding carboxylic acids is 1. The Bertz CT molecular complexity index is 392. The van der Waals surface area contributed by atoms with Gasteiger partial charge in [0.05, 0.1) is 0 Å². The Morgan fingerprint density at radius 1 is 1.00 bits per heavy atom. The van der Waals surface area contributed by atoms with Crippen LogP contribution in [-0.4, -0.2) is 6.29 Å². The molecule has 0 aromatic heterocycles. The van der Waals surface area contributed by atoms with Gasteiger partial charge in [0.2, 0.25) is 0 Å². The van der Waals surface area contributed by atoms with Crippen molar-refractivity contribution >= 4 is 6.29 Å². The summed E-state index contributed by atoms with van der Waals surface area (Å²) in [5.74, 6) is 5.22. The number of aryl methyl sites for hydroxylation is 1. The van der Waals surface area contributed by atoms with Gasteiger partial charge in [-0.3, -0.25) is 4.79 Å². The van der Waals surface area contributed by atoms with Crippen molar-refractivity contribution in [1.82, 2.24) is 0 Å². The summed E-state index contributed by atoms with van der Waals surface area (Å²) < 4.78 is 0. The Labute approximate surface area is 111 Å². The Morgan fingerprint density at radius 3 is 2.33 bits per heavy atom. The van der Waals surface area contributed by atoms with E-state index in [0.29, 0.717) is 6.29 Å². The Hall–Kier alpha value is -1.55. The summed E-state index contributed by atoms with van der Waals surface area (Å²) in [7, 11) is 0. The van der Waals surface area contributed by atoms with Crippen LogP contribution < -0.4 is 0 Å². The van der Waals surface area contributed by atoms with Crippen LogP contribution in [0, 0.1) is 11.8 Å². The summed E-state index contributed by atoms with van der Waals surface area (Å²) in [6.07, 6.45) is 9.77. The van der Waals surface area contributed by atoms with E-state index in [0.717, 1.165) is 12.0 Å². The Morgan fingerprint density at radius 2 is 1.67 bits per heavy atom. The fraction of sp³-hybridized carbons (Fsp3) is 0.471. The lowest BCUT2D eigenvalue weighted by Gasteiger charge is -2.02. The first-order valence-corrected chi connectivity index (χ1v) is 6.91. The predicted octanol–water partition coefficient (Wildman–Crippen LogP) is 4.14. The molecular formula is C17H22O.